The van der Waals surface area contributed by atoms with E-state index in [4.69, 9.17) is 7.85 Å². The van der Waals surface area contributed by atoms with Gasteiger partial charge < -0.3 is 0 Å². The first-order valence-electron chi connectivity index (χ1n) is 2.13. The highest BCUT2D eigenvalue weighted by atomic mass is 14.2. The van der Waals surface area contributed by atoms with Crippen LogP contribution in [0, 0.1) is 5.92 Å². The zero-order chi connectivity index (χ0) is 3.70. The maximum Gasteiger partial charge on any atom is 0.0656 e. The fraction of sp³-hybridized carbons (Fsp3) is 1.00. The first kappa shape index (κ1) is 3.26. The molecule has 0 atom stereocenters. The van der Waals surface area contributed by atoms with Crippen LogP contribution in [0.3, 0.4) is 0 Å². The van der Waals surface area contributed by atoms with E-state index in [0.29, 0.717) is 0 Å². The van der Waals surface area contributed by atoms with Crippen molar-refractivity contribution in [3.8, 4) is 0 Å². The monoisotopic (exact) mass is 66.1 g/mol. The third-order valence-corrected chi connectivity index (χ3v) is 1.03. The van der Waals surface area contributed by atoms with Gasteiger partial charge in [-0.3, -0.25) is 0 Å². The summed E-state index contributed by atoms with van der Waals surface area (Å²) >= 11 is 0. The van der Waals surface area contributed by atoms with Crippen LogP contribution in [0.15, 0.2) is 0 Å². The minimum atomic E-state index is 0.912. The van der Waals surface area contributed by atoms with Crippen LogP contribution in [0.25, 0.3) is 0 Å². The number of hydrogen-bond donors (Lipinski definition) is 0. The summed E-state index contributed by atoms with van der Waals surface area (Å²) in [6.45, 7) is 0. The maximum atomic E-state index is 5.23. The largest absolute Gasteiger partial charge is 0.0859 e. The molecule has 0 saturated heterocycles. The molecule has 1 heteroatoms. The van der Waals surface area contributed by atoms with Gasteiger partial charge in [-0.05, 0) is 5.92 Å². The van der Waals surface area contributed by atoms with Gasteiger partial charge in [-0.25, -0.2) is 0 Å². The molecule has 0 nitrogen and oxygen atoms in total. The summed E-state index contributed by atoms with van der Waals surface area (Å²) in [5, 5.41) is 0. The van der Waals surface area contributed by atoms with Crippen molar-refractivity contribution in [2.75, 3.05) is 0 Å². The maximum absolute atomic E-state index is 5.23. The van der Waals surface area contributed by atoms with Gasteiger partial charge >= 0.3 is 0 Å². The van der Waals surface area contributed by atoms with Crippen molar-refractivity contribution < 1.29 is 0 Å². The molecule has 0 bridgehead atoms. The quantitative estimate of drug-likeness (QED) is 0.400. The van der Waals surface area contributed by atoms with Crippen LogP contribution >= 0.6 is 0 Å². The van der Waals surface area contributed by atoms with E-state index in [1.807, 2.05) is 0 Å². The zero-order valence-corrected chi connectivity index (χ0v) is 3.28. The van der Waals surface area contributed by atoms with E-state index in [0.717, 1.165) is 12.2 Å². The fourth-order valence-corrected chi connectivity index (χ4v) is 0.354. The molecule has 1 aliphatic carbocycles. The molecular formula is C4H7B. The van der Waals surface area contributed by atoms with Crippen molar-refractivity contribution >= 4 is 7.85 Å². The Labute approximate surface area is 34.0 Å². The van der Waals surface area contributed by atoms with Crippen molar-refractivity contribution in [2.45, 2.75) is 19.2 Å². The lowest BCUT2D eigenvalue weighted by molar-refractivity contribution is 0.978. The fourth-order valence-electron chi connectivity index (χ4n) is 0.354. The van der Waals surface area contributed by atoms with Gasteiger partial charge in [0, 0.05) is 0 Å². The molecule has 5 heavy (non-hydrogen) atoms. The molecule has 0 unspecified atom stereocenters. The van der Waals surface area contributed by atoms with Crippen molar-refractivity contribution in [3.63, 3.8) is 0 Å². The van der Waals surface area contributed by atoms with Crippen molar-refractivity contribution in [2.24, 2.45) is 5.92 Å². The third-order valence-electron chi connectivity index (χ3n) is 1.03. The Morgan fingerprint density at radius 2 is 2.20 bits per heavy atom. The lowest BCUT2D eigenvalue weighted by atomic mass is 10.0. The minimum Gasteiger partial charge on any atom is -0.0859 e. The molecule has 26 valence electrons. The van der Waals surface area contributed by atoms with Crippen LogP contribution in [0.1, 0.15) is 12.8 Å². The molecule has 1 rings (SSSR count). The predicted molar refractivity (Wildman–Crippen MR) is 23.3 cm³/mol. The Hall–Kier alpha value is 0.0649. The second kappa shape index (κ2) is 1.04. The van der Waals surface area contributed by atoms with E-state index in [-0.39, 0.29) is 0 Å². The van der Waals surface area contributed by atoms with Gasteiger partial charge in [-0.2, -0.15) is 0 Å². The highest BCUT2D eigenvalue weighted by Gasteiger charge is 2.16. The molecule has 0 spiro atoms. The SMILES string of the molecule is [B]CC1CC1. The molecule has 0 amide bonds. The molecule has 0 aromatic carbocycles. The molecule has 0 aromatic rings. The lowest BCUT2D eigenvalue weighted by Crippen LogP contribution is -1.65. The summed E-state index contributed by atoms with van der Waals surface area (Å²) in [4.78, 5) is 0. The molecule has 0 heterocycles. The van der Waals surface area contributed by atoms with Gasteiger partial charge in [0.05, 0.1) is 7.85 Å². The molecule has 1 saturated carbocycles. The highest BCUT2D eigenvalue weighted by molar-refractivity contribution is 6.08. The van der Waals surface area contributed by atoms with Gasteiger partial charge in [0.25, 0.3) is 0 Å². The van der Waals surface area contributed by atoms with E-state index < -0.39 is 0 Å². The summed E-state index contributed by atoms with van der Waals surface area (Å²) in [5.74, 6) is 0.912. The smallest absolute Gasteiger partial charge is 0.0656 e. The van der Waals surface area contributed by atoms with E-state index >= 15 is 0 Å². The van der Waals surface area contributed by atoms with E-state index in [2.05, 4.69) is 0 Å². The average Bonchev–Trinajstić information content (AvgIpc) is 2.12. The van der Waals surface area contributed by atoms with Crippen LogP contribution in [-0.2, 0) is 0 Å². The van der Waals surface area contributed by atoms with Crippen molar-refractivity contribution in [1.29, 1.82) is 0 Å². The first-order valence-corrected chi connectivity index (χ1v) is 2.13. The van der Waals surface area contributed by atoms with Crippen LogP contribution in [0.5, 0.6) is 0 Å². The summed E-state index contributed by atoms with van der Waals surface area (Å²) in [7, 11) is 5.23. The Kier molecular flexibility index (Phi) is 0.677. The van der Waals surface area contributed by atoms with Gasteiger partial charge in [0.15, 0.2) is 0 Å². The summed E-state index contributed by atoms with van der Waals surface area (Å²) in [5.41, 5.74) is 0. The summed E-state index contributed by atoms with van der Waals surface area (Å²) < 4.78 is 0. The molecule has 1 aliphatic rings. The minimum absolute atomic E-state index is 0.912. The molecular weight excluding hydrogens is 58.9 g/mol. The highest BCUT2D eigenvalue weighted by Crippen LogP contribution is 2.31. The van der Waals surface area contributed by atoms with Gasteiger partial charge in [-0.15, -0.1) is 0 Å². The number of hydrogen-bond acceptors (Lipinski definition) is 0. The summed E-state index contributed by atoms with van der Waals surface area (Å²) in [6.07, 6.45) is 3.69. The van der Waals surface area contributed by atoms with Crippen LogP contribution in [-0.4, -0.2) is 7.85 Å². The Morgan fingerprint density at radius 3 is 2.20 bits per heavy atom. The van der Waals surface area contributed by atoms with Gasteiger partial charge in [-0.1, -0.05) is 19.2 Å². The third kappa shape index (κ3) is 0.676. The van der Waals surface area contributed by atoms with Crippen LogP contribution in [0.4, 0.5) is 0 Å². The Balaban J connectivity index is 2.00. The average molecular weight is 65.9 g/mol. The zero-order valence-electron chi connectivity index (χ0n) is 3.28. The first-order chi connectivity index (χ1) is 2.43. The molecule has 2 radical (unpaired) electrons. The second-order valence-corrected chi connectivity index (χ2v) is 1.68. The standard InChI is InChI=1S/C4H7B/c5-3-4-1-2-4/h4H,1-3H2. The predicted octanol–water partition coefficient (Wildman–Crippen LogP) is 0.983. The molecule has 1 fully saturated rings. The topological polar surface area (TPSA) is 0 Å². The van der Waals surface area contributed by atoms with E-state index in [1.54, 1.807) is 0 Å². The molecule has 0 N–H and O–H groups in total. The normalized spacial score (nSPS) is 23.2. The van der Waals surface area contributed by atoms with Crippen molar-refractivity contribution in [3.05, 3.63) is 0 Å². The molecule has 0 aliphatic heterocycles. The van der Waals surface area contributed by atoms with E-state index in [9.17, 15) is 0 Å². The number of rotatable bonds is 1. The molecule has 0 aromatic heterocycles. The summed E-state index contributed by atoms with van der Waals surface area (Å²) in [6, 6.07) is 0. The second-order valence-electron chi connectivity index (χ2n) is 1.68. The Bertz CT molecular complexity index is 30.6. The Morgan fingerprint density at radius 1 is 1.60 bits per heavy atom. The lowest BCUT2D eigenvalue weighted by Gasteiger charge is -1.72. The van der Waals surface area contributed by atoms with Crippen LogP contribution < -0.4 is 0 Å². The van der Waals surface area contributed by atoms with Crippen molar-refractivity contribution in [1.82, 2.24) is 0 Å². The van der Waals surface area contributed by atoms with E-state index in [1.165, 1.54) is 12.8 Å². The van der Waals surface area contributed by atoms with Gasteiger partial charge in [0.2, 0.25) is 0 Å². The van der Waals surface area contributed by atoms with Gasteiger partial charge in [0.1, 0.15) is 0 Å². The van der Waals surface area contributed by atoms with Crippen LogP contribution in [0.2, 0.25) is 6.32 Å².